The van der Waals surface area contributed by atoms with Crippen molar-refractivity contribution in [1.82, 2.24) is 10.3 Å². The molecule has 1 aromatic rings. The van der Waals surface area contributed by atoms with Crippen LogP contribution in [-0.4, -0.2) is 18.6 Å². The van der Waals surface area contributed by atoms with Gasteiger partial charge in [-0.05, 0) is 19.5 Å². The summed E-state index contributed by atoms with van der Waals surface area (Å²) in [4.78, 5) is 4.03. The zero-order valence-corrected chi connectivity index (χ0v) is 8.21. The summed E-state index contributed by atoms with van der Waals surface area (Å²) in [5.74, 6) is 0.888. The lowest BCUT2D eigenvalue weighted by molar-refractivity contribution is 0.312. The van der Waals surface area contributed by atoms with Crippen molar-refractivity contribution in [2.45, 2.75) is 19.9 Å². The largest absolute Gasteiger partial charge is 0.492 e. The first-order valence-corrected chi connectivity index (χ1v) is 4.58. The molecule has 0 fully saturated rings. The highest BCUT2D eigenvalue weighted by Crippen LogP contribution is 2.15. The van der Waals surface area contributed by atoms with Crippen LogP contribution in [0.1, 0.15) is 18.9 Å². The molecular weight excluding hydrogens is 164 g/mol. The van der Waals surface area contributed by atoms with E-state index in [4.69, 9.17) is 4.74 Å². The van der Waals surface area contributed by atoms with Gasteiger partial charge in [-0.1, -0.05) is 6.92 Å². The van der Waals surface area contributed by atoms with Crippen LogP contribution in [0.2, 0.25) is 0 Å². The van der Waals surface area contributed by atoms with Crippen LogP contribution in [0, 0.1) is 0 Å². The van der Waals surface area contributed by atoms with Crippen LogP contribution in [0.4, 0.5) is 0 Å². The first-order valence-electron chi connectivity index (χ1n) is 4.58. The second-order valence-corrected chi connectivity index (χ2v) is 2.86. The van der Waals surface area contributed by atoms with Gasteiger partial charge < -0.3 is 10.1 Å². The summed E-state index contributed by atoms with van der Waals surface area (Å²) in [6.45, 7) is 3.66. The summed E-state index contributed by atoms with van der Waals surface area (Å²) >= 11 is 0. The van der Waals surface area contributed by atoms with Crippen LogP contribution in [0.15, 0.2) is 18.5 Å². The molecule has 0 spiro atoms. The van der Waals surface area contributed by atoms with Gasteiger partial charge in [0.15, 0.2) is 0 Å². The Hall–Kier alpha value is -1.09. The topological polar surface area (TPSA) is 34.1 Å². The number of ether oxygens (including phenoxy) is 1. The van der Waals surface area contributed by atoms with Crippen LogP contribution in [0.25, 0.3) is 0 Å². The van der Waals surface area contributed by atoms with E-state index in [9.17, 15) is 0 Å². The fourth-order valence-corrected chi connectivity index (χ4v) is 1.09. The number of rotatable bonds is 5. The van der Waals surface area contributed by atoms with Crippen LogP contribution in [0.5, 0.6) is 5.75 Å². The van der Waals surface area contributed by atoms with E-state index in [0.717, 1.165) is 30.9 Å². The van der Waals surface area contributed by atoms with Crippen molar-refractivity contribution in [2.24, 2.45) is 0 Å². The third-order valence-electron chi connectivity index (χ3n) is 1.70. The number of pyridine rings is 1. The molecule has 1 rings (SSSR count). The maximum atomic E-state index is 5.54. The van der Waals surface area contributed by atoms with Crippen molar-refractivity contribution in [3.05, 3.63) is 24.0 Å². The Bertz CT molecular complexity index is 250. The number of aromatic nitrogens is 1. The molecule has 0 amide bonds. The summed E-state index contributed by atoms with van der Waals surface area (Å²) in [5.41, 5.74) is 1.16. The van der Waals surface area contributed by atoms with E-state index in [-0.39, 0.29) is 0 Å². The molecule has 0 saturated heterocycles. The van der Waals surface area contributed by atoms with Crippen molar-refractivity contribution in [1.29, 1.82) is 0 Å². The van der Waals surface area contributed by atoms with E-state index >= 15 is 0 Å². The number of nitrogens with one attached hydrogen (secondary N) is 1. The summed E-state index contributed by atoms with van der Waals surface area (Å²) in [7, 11) is 1.92. The molecular formula is C10H16N2O. The molecule has 1 N–H and O–H groups in total. The van der Waals surface area contributed by atoms with Gasteiger partial charge in [0.2, 0.25) is 0 Å². The van der Waals surface area contributed by atoms with E-state index in [1.807, 2.05) is 13.1 Å². The molecule has 13 heavy (non-hydrogen) atoms. The normalized spacial score (nSPS) is 10.0. The van der Waals surface area contributed by atoms with Gasteiger partial charge in [-0.3, -0.25) is 4.98 Å². The highest BCUT2D eigenvalue weighted by Gasteiger charge is 2.00. The van der Waals surface area contributed by atoms with Gasteiger partial charge in [0.25, 0.3) is 0 Å². The molecule has 72 valence electrons. The van der Waals surface area contributed by atoms with Crippen molar-refractivity contribution in [3.63, 3.8) is 0 Å². The van der Waals surface area contributed by atoms with Crippen molar-refractivity contribution >= 4 is 0 Å². The van der Waals surface area contributed by atoms with Gasteiger partial charge in [-0.25, -0.2) is 0 Å². The van der Waals surface area contributed by atoms with Crippen LogP contribution in [0.3, 0.4) is 0 Å². The lowest BCUT2D eigenvalue weighted by Crippen LogP contribution is -2.08. The molecule has 0 aliphatic heterocycles. The van der Waals surface area contributed by atoms with Gasteiger partial charge >= 0.3 is 0 Å². The quantitative estimate of drug-likeness (QED) is 0.747. The lowest BCUT2D eigenvalue weighted by Gasteiger charge is -2.09. The van der Waals surface area contributed by atoms with Crippen molar-refractivity contribution in [3.8, 4) is 5.75 Å². The Balaban J connectivity index is 2.66. The predicted molar refractivity (Wildman–Crippen MR) is 52.8 cm³/mol. The van der Waals surface area contributed by atoms with E-state index in [2.05, 4.69) is 17.2 Å². The maximum Gasteiger partial charge on any atom is 0.142 e. The van der Waals surface area contributed by atoms with E-state index < -0.39 is 0 Å². The molecule has 1 heterocycles. The smallest absolute Gasteiger partial charge is 0.142 e. The Morgan fingerprint density at radius 2 is 2.38 bits per heavy atom. The van der Waals surface area contributed by atoms with Crippen LogP contribution < -0.4 is 10.1 Å². The third-order valence-corrected chi connectivity index (χ3v) is 1.70. The fourth-order valence-electron chi connectivity index (χ4n) is 1.09. The average Bonchev–Trinajstić information content (AvgIpc) is 2.17. The molecule has 3 heteroatoms. The Morgan fingerprint density at radius 3 is 3.08 bits per heavy atom. The molecule has 0 unspecified atom stereocenters. The minimum Gasteiger partial charge on any atom is -0.492 e. The van der Waals surface area contributed by atoms with E-state index in [0.29, 0.717) is 0 Å². The second-order valence-electron chi connectivity index (χ2n) is 2.86. The minimum absolute atomic E-state index is 0.752. The minimum atomic E-state index is 0.752. The van der Waals surface area contributed by atoms with Gasteiger partial charge in [-0.15, -0.1) is 0 Å². The first kappa shape index (κ1) is 9.99. The Morgan fingerprint density at radius 1 is 1.54 bits per heavy atom. The molecule has 0 aliphatic carbocycles. The summed E-state index contributed by atoms with van der Waals surface area (Å²) in [6, 6.07) is 1.97. The molecule has 1 aromatic heterocycles. The average molecular weight is 180 g/mol. The zero-order chi connectivity index (χ0) is 9.52. The van der Waals surface area contributed by atoms with Crippen LogP contribution in [-0.2, 0) is 6.54 Å². The predicted octanol–water partition coefficient (Wildman–Crippen LogP) is 1.59. The summed E-state index contributed by atoms with van der Waals surface area (Å²) in [6.07, 6.45) is 4.57. The Labute approximate surface area is 79.1 Å². The number of nitrogens with zero attached hydrogens (tertiary/aromatic N) is 1. The van der Waals surface area contributed by atoms with Gasteiger partial charge in [0, 0.05) is 18.3 Å². The molecule has 0 saturated carbocycles. The first-order chi connectivity index (χ1) is 6.38. The molecule has 0 atom stereocenters. The third kappa shape index (κ3) is 3.03. The molecule has 0 aliphatic rings. The SMILES string of the molecule is CCCOc1cnccc1CNC. The van der Waals surface area contributed by atoms with E-state index in [1.165, 1.54) is 0 Å². The maximum absolute atomic E-state index is 5.54. The number of hydrogen-bond acceptors (Lipinski definition) is 3. The molecule has 0 aromatic carbocycles. The molecule has 3 nitrogen and oxygen atoms in total. The van der Waals surface area contributed by atoms with Crippen molar-refractivity contribution in [2.75, 3.05) is 13.7 Å². The zero-order valence-electron chi connectivity index (χ0n) is 8.21. The fraction of sp³-hybridized carbons (Fsp3) is 0.500. The summed E-state index contributed by atoms with van der Waals surface area (Å²) in [5, 5.41) is 3.09. The standard InChI is InChI=1S/C10H16N2O/c1-3-6-13-10-8-12-5-4-9(10)7-11-2/h4-5,8,11H,3,6-7H2,1-2H3. The highest BCUT2D eigenvalue weighted by atomic mass is 16.5. The lowest BCUT2D eigenvalue weighted by atomic mass is 10.2. The second kappa shape index (κ2) is 5.54. The Kier molecular flexibility index (Phi) is 4.26. The van der Waals surface area contributed by atoms with Crippen LogP contribution >= 0.6 is 0 Å². The monoisotopic (exact) mass is 180 g/mol. The van der Waals surface area contributed by atoms with Gasteiger partial charge in [-0.2, -0.15) is 0 Å². The van der Waals surface area contributed by atoms with Gasteiger partial charge in [0.05, 0.1) is 12.8 Å². The highest BCUT2D eigenvalue weighted by molar-refractivity contribution is 5.29. The molecule has 0 radical (unpaired) electrons. The van der Waals surface area contributed by atoms with Crippen molar-refractivity contribution < 1.29 is 4.74 Å². The molecule has 0 bridgehead atoms. The summed E-state index contributed by atoms with van der Waals surface area (Å²) < 4.78 is 5.54. The van der Waals surface area contributed by atoms with Gasteiger partial charge in [0.1, 0.15) is 5.75 Å². The number of hydrogen-bond donors (Lipinski definition) is 1. The van der Waals surface area contributed by atoms with E-state index in [1.54, 1.807) is 12.4 Å².